The lowest BCUT2D eigenvalue weighted by Crippen LogP contribution is -2.46. The van der Waals surface area contributed by atoms with Crippen LogP contribution < -0.4 is 15.4 Å². The molecule has 1 aliphatic heterocycles. The number of carbonyl (C=O) groups excluding carboxylic acids is 1. The van der Waals surface area contributed by atoms with E-state index < -0.39 is 5.82 Å². The van der Waals surface area contributed by atoms with Crippen molar-refractivity contribution >= 4 is 5.91 Å². The van der Waals surface area contributed by atoms with E-state index in [4.69, 9.17) is 4.74 Å². The van der Waals surface area contributed by atoms with Crippen molar-refractivity contribution in [1.29, 1.82) is 0 Å². The summed E-state index contributed by atoms with van der Waals surface area (Å²) in [5.41, 5.74) is 0.652. The summed E-state index contributed by atoms with van der Waals surface area (Å²) in [6, 6.07) is 4.78. The third-order valence-electron chi connectivity index (χ3n) is 3.24. The van der Waals surface area contributed by atoms with Crippen molar-refractivity contribution in [1.82, 2.24) is 10.6 Å². The zero-order valence-electron chi connectivity index (χ0n) is 11.0. The number of hydrogen-bond donors (Lipinski definition) is 2. The van der Waals surface area contributed by atoms with Gasteiger partial charge in [-0.05, 0) is 37.1 Å². The first-order valence-electron chi connectivity index (χ1n) is 6.51. The Morgan fingerprint density at radius 2 is 2.42 bits per heavy atom. The van der Waals surface area contributed by atoms with Gasteiger partial charge in [-0.2, -0.15) is 0 Å². The summed E-state index contributed by atoms with van der Waals surface area (Å²) < 4.78 is 18.3. The van der Waals surface area contributed by atoms with Crippen LogP contribution in [0.15, 0.2) is 18.2 Å². The fourth-order valence-corrected chi connectivity index (χ4v) is 2.26. The number of halogens is 1. The van der Waals surface area contributed by atoms with Crippen molar-refractivity contribution in [3.8, 4) is 5.75 Å². The molecule has 1 aromatic carbocycles. The Labute approximate surface area is 112 Å². The van der Waals surface area contributed by atoms with E-state index in [1.165, 1.54) is 13.2 Å². The fraction of sp³-hybridized carbons (Fsp3) is 0.500. The van der Waals surface area contributed by atoms with Gasteiger partial charge in [0.25, 0.3) is 0 Å². The molecule has 1 heterocycles. The average molecular weight is 266 g/mol. The molecule has 1 amide bonds. The molecule has 0 bridgehead atoms. The molecule has 1 saturated heterocycles. The molecule has 0 radical (unpaired) electrons. The Bertz CT molecular complexity index is 445. The zero-order chi connectivity index (χ0) is 13.7. The summed E-state index contributed by atoms with van der Waals surface area (Å²) >= 11 is 0. The molecule has 1 aromatic rings. The van der Waals surface area contributed by atoms with Crippen molar-refractivity contribution in [3.63, 3.8) is 0 Å². The number of methoxy groups -OCH3 is 1. The second-order valence-electron chi connectivity index (χ2n) is 4.76. The molecule has 0 saturated carbocycles. The van der Waals surface area contributed by atoms with E-state index in [1.807, 2.05) is 0 Å². The van der Waals surface area contributed by atoms with Gasteiger partial charge >= 0.3 is 0 Å². The highest BCUT2D eigenvalue weighted by Crippen LogP contribution is 2.18. The maximum atomic E-state index is 13.5. The minimum atomic E-state index is -0.438. The highest BCUT2D eigenvalue weighted by Gasteiger charge is 2.15. The number of nitrogens with one attached hydrogen (secondary N) is 2. The summed E-state index contributed by atoms with van der Waals surface area (Å²) in [7, 11) is 1.42. The summed E-state index contributed by atoms with van der Waals surface area (Å²) in [6.45, 7) is 1.82. The Morgan fingerprint density at radius 1 is 1.58 bits per heavy atom. The van der Waals surface area contributed by atoms with Gasteiger partial charge in [0.05, 0.1) is 13.5 Å². The molecule has 19 heavy (non-hydrogen) atoms. The molecule has 0 aliphatic carbocycles. The van der Waals surface area contributed by atoms with Gasteiger partial charge in [-0.25, -0.2) is 4.39 Å². The van der Waals surface area contributed by atoms with E-state index >= 15 is 0 Å². The zero-order valence-corrected chi connectivity index (χ0v) is 11.0. The van der Waals surface area contributed by atoms with Crippen molar-refractivity contribution < 1.29 is 13.9 Å². The maximum absolute atomic E-state index is 13.5. The smallest absolute Gasteiger partial charge is 0.224 e. The Hall–Kier alpha value is -1.62. The number of ether oxygens (including phenoxy) is 1. The van der Waals surface area contributed by atoms with Crippen LogP contribution in [0.2, 0.25) is 0 Å². The average Bonchev–Trinajstić information content (AvgIpc) is 2.40. The number of rotatable bonds is 4. The monoisotopic (exact) mass is 266 g/mol. The van der Waals surface area contributed by atoms with E-state index in [1.54, 1.807) is 12.1 Å². The van der Waals surface area contributed by atoms with Crippen LogP contribution >= 0.6 is 0 Å². The Kier molecular flexibility index (Phi) is 4.74. The first kappa shape index (κ1) is 13.8. The van der Waals surface area contributed by atoms with E-state index in [-0.39, 0.29) is 24.1 Å². The van der Waals surface area contributed by atoms with E-state index in [0.717, 1.165) is 25.9 Å². The molecule has 1 atom stereocenters. The van der Waals surface area contributed by atoms with Gasteiger partial charge in [0, 0.05) is 12.6 Å². The molecule has 5 heteroatoms. The minimum absolute atomic E-state index is 0.0710. The minimum Gasteiger partial charge on any atom is -0.494 e. The van der Waals surface area contributed by atoms with Gasteiger partial charge in [-0.3, -0.25) is 4.79 Å². The molecule has 0 aromatic heterocycles. The molecule has 2 rings (SSSR count). The molecule has 4 nitrogen and oxygen atoms in total. The molecule has 0 spiro atoms. The van der Waals surface area contributed by atoms with Crippen LogP contribution in [-0.4, -0.2) is 32.1 Å². The number of benzene rings is 1. The lowest BCUT2D eigenvalue weighted by Gasteiger charge is -2.23. The lowest BCUT2D eigenvalue weighted by atomic mass is 10.1. The summed E-state index contributed by atoms with van der Waals surface area (Å²) in [5, 5.41) is 6.20. The molecular weight excluding hydrogens is 247 g/mol. The third-order valence-corrected chi connectivity index (χ3v) is 3.24. The van der Waals surface area contributed by atoms with Crippen molar-refractivity contribution in [3.05, 3.63) is 29.6 Å². The van der Waals surface area contributed by atoms with Crippen LogP contribution in [0.25, 0.3) is 0 Å². The van der Waals surface area contributed by atoms with Crippen LogP contribution in [0.3, 0.4) is 0 Å². The highest BCUT2D eigenvalue weighted by atomic mass is 19.1. The fourth-order valence-electron chi connectivity index (χ4n) is 2.26. The number of piperidine rings is 1. The SMILES string of the molecule is COc1ccc(CC(=O)N[C@H]2CCCNC2)cc1F. The summed E-state index contributed by atoms with van der Waals surface area (Å²) in [4.78, 5) is 11.9. The van der Waals surface area contributed by atoms with Gasteiger partial charge in [0.1, 0.15) is 0 Å². The van der Waals surface area contributed by atoms with E-state index in [0.29, 0.717) is 5.56 Å². The largest absolute Gasteiger partial charge is 0.494 e. The van der Waals surface area contributed by atoms with E-state index in [9.17, 15) is 9.18 Å². The molecular formula is C14H19FN2O2. The molecule has 2 N–H and O–H groups in total. The van der Waals surface area contributed by atoms with Gasteiger partial charge in [0.2, 0.25) is 5.91 Å². The number of hydrogen-bond acceptors (Lipinski definition) is 3. The quantitative estimate of drug-likeness (QED) is 0.862. The number of amides is 1. The molecule has 1 fully saturated rings. The van der Waals surface area contributed by atoms with E-state index in [2.05, 4.69) is 10.6 Å². The van der Waals surface area contributed by atoms with Crippen LogP contribution in [0.1, 0.15) is 18.4 Å². The predicted molar refractivity (Wildman–Crippen MR) is 70.7 cm³/mol. The first-order valence-corrected chi connectivity index (χ1v) is 6.51. The predicted octanol–water partition coefficient (Wildman–Crippen LogP) is 1.24. The topological polar surface area (TPSA) is 50.4 Å². The molecule has 0 unspecified atom stereocenters. The number of carbonyl (C=O) groups is 1. The third kappa shape index (κ3) is 3.92. The summed E-state index contributed by atoms with van der Waals surface area (Å²) in [6.07, 6.45) is 2.26. The highest BCUT2D eigenvalue weighted by molar-refractivity contribution is 5.78. The van der Waals surface area contributed by atoms with Gasteiger partial charge in [-0.1, -0.05) is 6.07 Å². The Balaban J connectivity index is 1.89. The summed E-state index contributed by atoms with van der Waals surface area (Å²) in [5.74, 6) is -0.314. The van der Waals surface area contributed by atoms with Gasteiger partial charge in [-0.15, -0.1) is 0 Å². The van der Waals surface area contributed by atoms with Crippen LogP contribution in [-0.2, 0) is 11.2 Å². The van der Waals surface area contributed by atoms with Crippen LogP contribution in [0.4, 0.5) is 4.39 Å². The first-order chi connectivity index (χ1) is 9.19. The van der Waals surface area contributed by atoms with Crippen molar-refractivity contribution in [2.24, 2.45) is 0 Å². The van der Waals surface area contributed by atoms with Crippen LogP contribution in [0.5, 0.6) is 5.75 Å². The molecule has 104 valence electrons. The maximum Gasteiger partial charge on any atom is 0.224 e. The Morgan fingerprint density at radius 3 is 3.05 bits per heavy atom. The van der Waals surface area contributed by atoms with Crippen LogP contribution in [0, 0.1) is 5.82 Å². The lowest BCUT2D eigenvalue weighted by molar-refractivity contribution is -0.121. The normalized spacial score (nSPS) is 18.9. The second kappa shape index (κ2) is 6.52. The van der Waals surface area contributed by atoms with Gasteiger partial charge < -0.3 is 15.4 Å². The van der Waals surface area contributed by atoms with Crippen molar-refractivity contribution in [2.75, 3.05) is 20.2 Å². The standard InChI is InChI=1S/C14H19FN2O2/c1-19-13-5-4-10(7-12(13)15)8-14(18)17-11-3-2-6-16-9-11/h4-5,7,11,16H,2-3,6,8-9H2,1H3,(H,17,18)/t11-/m0/s1. The van der Waals surface area contributed by atoms with Gasteiger partial charge in [0.15, 0.2) is 11.6 Å². The van der Waals surface area contributed by atoms with Crippen molar-refractivity contribution in [2.45, 2.75) is 25.3 Å². The second-order valence-corrected chi connectivity index (χ2v) is 4.76. The molecule has 1 aliphatic rings.